The first-order valence-corrected chi connectivity index (χ1v) is 5.42. The Morgan fingerprint density at radius 2 is 2.23 bits per heavy atom. The summed E-state index contributed by atoms with van der Waals surface area (Å²) in [5.41, 5.74) is -0.529. The monoisotopic (exact) mass is 186 g/mol. The largest absolute Gasteiger partial charge is 0.387 e. The molecule has 1 saturated carbocycles. The lowest BCUT2D eigenvalue weighted by Crippen LogP contribution is -2.39. The molecule has 1 rings (SSSR count). The van der Waals surface area contributed by atoms with E-state index in [0.717, 1.165) is 25.7 Å². The van der Waals surface area contributed by atoms with Gasteiger partial charge in [-0.15, -0.1) is 0 Å². The fourth-order valence-electron chi connectivity index (χ4n) is 2.21. The Morgan fingerprint density at radius 3 is 2.77 bits per heavy atom. The lowest BCUT2D eigenvalue weighted by molar-refractivity contribution is -0.0864. The zero-order valence-electron chi connectivity index (χ0n) is 9.05. The number of ether oxygens (including phenoxy) is 1. The van der Waals surface area contributed by atoms with Crippen molar-refractivity contribution >= 4 is 0 Å². The van der Waals surface area contributed by atoms with Crippen LogP contribution in [0.15, 0.2) is 0 Å². The topological polar surface area (TPSA) is 29.5 Å². The van der Waals surface area contributed by atoms with E-state index < -0.39 is 5.60 Å². The number of hydrogen-bond acceptors (Lipinski definition) is 2. The molecular weight excluding hydrogens is 164 g/mol. The van der Waals surface area contributed by atoms with Crippen LogP contribution < -0.4 is 0 Å². The summed E-state index contributed by atoms with van der Waals surface area (Å²) in [5.74, 6) is 0.450. The molecule has 1 aliphatic rings. The minimum Gasteiger partial charge on any atom is -0.387 e. The van der Waals surface area contributed by atoms with Gasteiger partial charge < -0.3 is 9.84 Å². The molecule has 2 nitrogen and oxygen atoms in total. The lowest BCUT2D eigenvalue weighted by Gasteiger charge is -2.30. The average Bonchev–Trinajstić information content (AvgIpc) is 2.44. The molecule has 0 saturated heterocycles. The third-order valence-corrected chi connectivity index (χ3v) is 3.08. The van der Waals surface area contributed by atoms with Crippen LogP contribution in [0.5, 0.6) is 0 Å². The van der Waals surface area contributed by atoms with Crippen LogP contribution in [-0.4, -0.2) is 23.4 Å². The highest BCUT2D eigenvalue weighted by atomic mass is 16.5. The summed E-state index contributed by atoms with van der Waals surface area (Å²) in [7, 11) is 0. The van der Waals surface area contributed by atoms with Crippen LogP contribution in [0, 0.1) is 5.92 Å². The van der Waals surface area contributed by atoms with Crippen LogP contribution in [0.4, 0.5) is 0 Å². The fourth-order valence-corrected chi connectivity index (χ4v) is 2.21. The van der Waals surface area contributed by atoms with Crippen molar-refractivity contribution < 1.29 is 9.84 Å². The predicted octanol–water partition coefficient (Wildman–Crippen LogP) is 2.35. The minimum atomic E-state index is -0.529. The molecule has 1 N–H and O–H groups in total. The molecule has 0 aromatic heterocycles. The zero-order chi connectivity index (χ0) is 9.90. The van der Waals surface area contributed by atoms with Crippen molar-refractivity contribution in [3.05, 3.63) is 0 Å². The standard InChI is InChI=1S/C11H22O2/c1-4-10-6-5-7-11(10,12)8-13-9(2)3/h9-10,12H,4-8H2,1-3H3. The van der Waals surface area contributed by atoms with Gasteiger partial charge in [0.1, 0.15) is 0 Å². The smallest absolute Gasteiger partial charge is 0.0908 e. The Hall–Kier alpha value is -0.0800. The number of aliphatic hydroxyl groups is 1. The quantitative estimate of drug-likeness (QED) is 0.730. The van der Waals surface area contributed by atoms with E-state index in [2.05, 4.69) is 6.92 Å². The molecule has 0 heterocycles. The van der Waals surface area contributed by atoms with E-state index in [1.165, 1.54) is 0 Å². The maximum atomic E-state index is 10.3. The maximum absolute atomic E-state index is 10.3. The van der Waals surface area contributed by atoms with Crippen molar-refractivity contribution in [3.8, 4) is 0 Å². The highest BCUT2D eigenvalue weighted by Gasteiger charge is 2.40. The lowest BCUT2D eigenvalue weighted by atomic mass is 9.89. The van der Waals surface area contributed by atoms with Gasteiger partial charge in [0.2, 0.25) is 0 Å². The summed E-state index contributed by atoms with van der Waals surface area (Å²) in [6.45, 7) is 6.69. The molecular formula is C11H22O2. The van der Waals surface area contributed by atoms with Crippen LogP contribution in [0.3, 0.4) is 0 Å². The highest BCUT2D eigenvalue weighted by molar-refractivity contribution is 4.91. The molecule has 0 amide bonds. The molecule has 0 aromatic rings. The van der Waals surface area contributed by atoms with Crippen LogP contribution in [0.1, 0.15) is 46.5 Å². The van der Waals surface area contributed by atoms with Gasteiger partial charge in [-0.1, -0.05) is 19.8 Å². The molecule has 0 bridgehead atoms. The van der Waals surface area contributed by atoms with Crippen molar-refractivity contribution in [2.75, 3.05) is 6.61 Å². The summed E-state index contributed by atoms with van der Waals surface area (Å²) in [4.78, 5) is 0. The minimum absolute atomic E-state index is 0.224. The van der Waals surface area contributed by atoms with Gasteiger partial charge in [-0.2, -0.15) is 0 Å². The van der Waals surface area contributed by atoms with E-state index in [-0.39, 0.29) is 6.10 Å². The maximum Gasteiger partial charge on any atom is 0.0908 e. The van der Waals surface area contributed by atoms with Crippen molar-refractivity contribution in [2.24, 2.45) is 5.92 Å². The summed E-state index contributed by atoms with van der Waals surface area (Å²) in [6, 6.07) is 0. The van der Waals surface area contributed by atoms with Crippen molar-refractivity contribution in [1.82, 2.24) is 0 Å². The molecule has 0 aliphatic heterocycles. The molecule has 13 heavy (non-hydrogen) atoms. The second kappa shape index (κ2) is 4.43. The molecule has 0 radical (unpaired) electrons. The Kier molecular flexibility index (Phi) is 3.74. The van der Waals surface area contributed by atoms with E-state index in [1.807, 2.05) is 13.8 Å². The van der Waals surface area contributed by atoms with Crippen molar-refractivity contribution in [2.45, 2.75) is 58.2 Å². The Labute approximate surface area is 81.3 Å². The zero-order valence-corrected chi connectivity index (χ0v) is 9.05. The van der Waals surface area contributed by atoms with Gasteiger partial charge in [-0.05, 0) is 32.6 Å². The van der Waals surface area contributed by atoms with Gasteiger partial charge in [0.25, 0.3) is 0 Å². The van der Waals surface area contributed by atoms with Crippen LogP contribution in [0.25, 0.3) is 0 Å². The summed E-state index contributed by atoms with van der Waals surface area (Å²) in [6.07, 6.45) is 4.52. The van der Waals surface area contributed by atoms with Crippen molar-refractivity contribution in [1.29, 1.82) is 0 Å². The molecule has 1 fully saturated rings. The van der Waals surface area contributed by atoms with Crippen molar-refractivity contribution in [3.63, 3.8) is 0 Å². The second-order valence-electron chi connectivity index (χ2n) is 4.46. The Bertz CT molecular complexity index is 156. The molecule has 2 atom stereocenters. The van der Waals surface area contributed by atoms with E-state index >= 15 is 0 Å². The molecule has 2 unspecified atom stereocenters. The molecule has 2 heteroatoms. The van der Waals surface area contributed by atoms with E-state index in [4.69, 9.17) is 4.74 Å². The molecule has 78 valence electrons. The SMILES string of the molecule is CCC1CCCC1(O)COC(C)C. The Morgan fingerprint density at radius 1 is 1.54 bits per heavy atom. The van der Waals surface area contributed by atoms with Gasteiger partial charge in [0.15, 0.2) is 0 Å². The molecule has 1 aliphatic carbocycles. The summed E-state index contributed by atoms with van der Waals surface area (Å²) >= 11 is 0. The van der Waals surface area contributed by atoms with E-state index in [0.29, 0.717) is 12.5 Å². The second-order valence-corrected chi connectivity index (χ2v) is 4.46. The first-order valence-electron chi connectivity index (χ1n) is 5.42. The van der Waals surface area contributed by atoms with Gasteiger partial charge in [-0.25, -0.2) is 0 Å². The summed E-state index contributed by atoms with van der Waals surface area (Å²) < 4.78 is 5.51. The van der Waals surface area contributed by atoms with Gasteiger partial charge in [-0.3, -0.25) is 0 Å². The van der Waals surface area contributed by atoms with E-state index in [1.54, 1.807) is 0 Å². The first-order chi connectivity index (χ1) is 6.08. The van der Waals surface area contributed by atoms with Gasteiger partial charge in [0.05, 0.1) is 18.3 Å². The van der Waals surface area contributed by atoms with Crippen LogP contribution in [0.2, 0.25) is 0 Å². The van der Waals surface area contributed by atoms with Gasteiger partial charge >= 0.3 is 0 Å². The first kappa shape index (κ1) is 11.0. The number of rotatable bonds is 4. The highest BCUT2D eigenvalue weighted by Crippen LogP contribution is 2.37. The predicted molar refractivity (Wildman–Crippen MR) is 53.7 cm³/mol. The Balaban J connectivity index is 2.43. The fraction of sp³-hybridized carbons (Fsp3) is 1.00. The number of hydrogen-bond donors (Lipinski definition) is 1. The third kappa shape index (κ3) is 2.68. The van der Waals surface area contributed by atoms with Gasteiger partial charge in [0, 0.05) is 0 Å². The normalized spacial score (nSPS) is 34.4. The third-order valence-electron chi connectivity index (χ3n) is 3.08. The van der Waals surface area contributed by atoms with E-state index in [9.17, 15) is 5.11 Å². The molecule has 0 aromatic carbocycles. The van der Waals surface area contributed by atoms with Crippen LogP contribution in [-0.2, 0) is 4.74 Å². The van der Waals surface area contributed by atoms with Crippen LogP contribution >= 0.6 is 0 Å². The average molecular weight is 186 g/mol. The summed E-state index contributed by atoms with van der Waals surface area (Å²) in [5, 5.41) is 10.3. The molecule has 0 spiro atoms.